The van der Waals surface area contributed by atoms with Gasteiger partial charge in [-0.2, -0.15) is 5.10 Å². The minimum atomic E-state index is -1.08. The van der Waals surface area contributed by atoms with E-state index in [1.165, 1.54) is 12.3 Å². The van der Waals surface area contributed by atoms with Crippen LogP contribution in [-0.2, 0) is 12.8 Å². The molecule has 1 amide bonds. The number of anilines is 1. The minimum absolute atomic E-state index is 0.0324. The van der Waals surface area contributed by atoms with Gasteiger partial charge in [0.25, 0.3) is 5.91 Å². The lowest BCUT2D eigenvalue weighted by Gasteiger charge is -2.12. The van der Waals surface area contributed by atoms with Crippen LogP contribution in [0.15, 0.2) is 12.3 Å². The van der Waals surface area contributed by atoms with E-state index in [0.717, 1.165) is 36.9 Å². The largest absolute Gasteiger partial charge is 0.478 e. The molecule has 114 valence electrons. The first kappa shape index (κ1) is 14.2. The van der Waals surface area contributed by atoms with Crippen molar-refractivity contribution < 1.29 is 14.7 Å². The number of hydrogen-bond donors (Lipinski definition) is 3. The van der Waals surface area contributed by atoms with Gasteiger partial charge in [-0.1, -0.05) is 0 Å². The molecule has 0 saturated carbocycles. The van der Waals surface area contributed by atoms with Gasteiger partial charge in [0.1, 0.15) is 0 Å². The third-order valence-corrected chi connectivity index (χ3v) is 3.85. The summed E-state index contributed by atoms with van der Waals surface area (Å²) in [5, 5.41) is 18.7. The van der Waals surface area contributed by atoms with Crippen LogP contribution in [-0.4, -0.2) is 32.2 Å². The number of pyridine rings is 1. The van der Waals surface area contributed by atoms with Gasteiger partial charge in [-0.05, 0) is 38.7 Å². The van der Waals surface area contributed by atoms with Gasteiger partial charge in [-0.3, -0.25) is 14.9 Å². The highest BCUT2D eigenvalue weighted by Crippen LogP contribution is 2.23. The van der Waals surface area contributed by atoms with Crippen molar-refractivity contribution in [3.63, 3.8) is 0 Å². The van der Waals surface area contributed by atoms with Crippen LogP contribution < -0.4 is 5.32 Å². The van der Waals surface area contributed by atoms with Gasteiger partial charge >= 0.3 is 5.97 Å². The second kappa shape index (κ2) is 5.59. The van der Waals surface area contributed by atoms with E-state index in [1.54, 1.807) is 6.92 Å². The molecule has 7 nitrogen and oxygen atoms in total. The number of nitrogens with one attached hydrogen (secondary N) is 2. The summed E-state index contributed by atoms with van der Waals surface area (Å²) in [5.41, 5.74) is 3.34. The smallest absolute Gasteiger partial charge is 0.337 e. The molecule has 2 aromatic rings. The maximum Gasteiger partial charge on any atom is 0.337 e. The summed E-state index contributed by atoms with van der Waals surface area (Å²) in [7, 11) is 0. The quantitative estimate of drug-likeness (QED) is 0.802. The fraction of sp³-hybridized carbons (Fsp3) is 0.333. The van der Waals surface area contributed by atoms with Crippen molar-refractivity contribution in [3.8, 4) is 0 Å². The number of aromatic carboxylic acids is 1. The van der Waals surface area contributed by atoms with Crippen molar-refractivity contribution in [1.82, 2.24) is 15.2 Å². The van der Waals surface area contributed by atoms with Gasteiger partial charge < -0.3 is 10.4 Å². The lowest BCUT2D eigenvalue weighted by atomic mass is 9.96. The standard InChI is InChI=1S/C15H16N4O3/c1-8-12(6-9(7-16-8)15(21)22)17-14(20)13-10-4-2-3-5-11(10)18-19-13/h6-7H,2-5H2,1H3,(H,17,20)(H,18,19)(H,21,22). The minimum Gasteiger partial charge on any atom is -0.478 e. The average molecular weight is 300 g/mol. The van der Waals surface area contributed by atoms with E-state index >= 15 is 0 Å². The number of aromatic amines is 1. The number of rotatable bonds is 3. The van der Waals surface area contributed by atoms with Crippen LogP contribution in [0.25, 0.3) is 0 Å². The zero-order valence-electron chi connectivity index (χ0n) is 12.1. The number of carbonyl (C=O) groups excluding carboxylic acids is 1. The monoisotopic (exact) mass is 300 g/mol. The molecule has 22 heavy (non-hydrogen) atoms. The number of nitrogens with zero attached hydrogens (tertiary/aromatic N) is 2. The number of aromatic nitrogens is 3. The van der Waals surface area contributed by atoms with Crippen LogP contribution in [0.3, 0.4) is 0 Å². The van der Waals surface area contributed by atoms with Crippen LogP contribution in [0.5, 0.6) is 0 Å². The molecule has 1 aliphatic carbocycles. The van der Waals surface area contributed by atoms with Crippen molar-refractivity contribution in [3.05, 3.63) is 40.5 Å². The summed E-state index contributed by atoms with van der Waals surface area (Å²) in [6, 6.07) is 1.40. The maximum absolute atomic E-state index is 12.4. The Bertz CT molecular complexity index is 751. The van der Waals surface area contributed by atoms with Gasteiger partial charge in [-0.15, -0.1) is 0 Å². The van der Waals surface area contributed by atoms with E-state index in [0.29, 0.717) is 17.1 Å². The third-order valence-electron chi connectivity index (χ3n) is 3.85. The zero-order chi connectivity index (χ0) is 15.7. The number of carboxylic acid groups (broad SMARTS) is 1. The summed E-state index contributed by atoms with van der Waals surface area (Å²) < 4.78 is 0. The van der Waals surface area contributed by atoms with Crippen molar-refractivity contribution in [2.45, 2.75) is 32.6 Å². The molecular weight excluding hydrogens is 284 g/mol. The predicted octanol–water partition coefficient (Wildman–Crippen LogP) is 1.94. The van der Waals surface area contributed by atoms with Crippen LogP contribution in [0, 0.1) is 6.92 Å². The number of carboxylic acids is 1. The van der Waals surface area contributed by atoms with Gasteiger partial charge in [0.15, 0.2) is 5.69 Å². The molecule has 3 rings (SSSR count). The summed E-state index contributed by atoms with van der Waals surface area (Å²) in [4.78, 5) is 27.4. The maximum atomic E-state index is 12.4. The molecule has 0 atom stereocenters. The molecule has 0 aromatic carbocycles. The van der Waals surface area contributed by atoms with Crippen LogP contribution in [0.1, 0.15) is 50.6 Å². The number of hydrogen-bond acceptors (Lipinski definition) is 4. The van der Waals surface area contributed by atoms with Crippen molar-refractivity contribution in [1.29, 1.82) is 0 Å². The first-order chi connectivity index (χ1) is 10.6. The lowest BCUT2D eigenvalue weighted by molar-refractivity contribution is 0.0696. The van der Waals surface area contributed by atoms with Crippen LogP contribution in [0.2, 0.25) is 0 Å². The number of fused-ring (bicyclic) bond motifs is 1. The van der Waals surface area contributed by atoms with Crippen molar-refractivity contribution in [2.24, 2.45) is 0 Å². The number of carbonyl (C=O) groups is 2. The van der Waals surface area contributed by atoms with Crippen LogP contribution >= 0.6 is 0 Å². The van der Waals surface area contributed by atoms with E-state index in [1.807, 2.05) is 0 Å². The first-order valence-corrected chi connectivity index (χ1v) is 7.13. The molecule has 2 heterocycles. The summed E-state index contributed by atoms with van der Waals surface area (Å²) >= 11 is 0. The SMILES string of the molecule is Cc1ncc(C(=O)O)cc1NC(=O)c1n[nH]c2c1CCCC2. The molecule has 0 fully saturated rings. The topological polar surface area (TPSA) is 108 Å². The summed E-state index contributed by atoms with van der Waals surface area (Å²) in [6.07, 6.45) is 5.15. The Morgan fingerprint density at radius 2 is 2.09 bits per heavy atom. The van der Waals surface area contributed by atoms with E-state index in [2.05, 4.69) is 20.5 Å². The van der Waals surface area contributed by atoms with Crippen LogP contribution in [0.4, 0.5) is 5.69 Å². The third kappa shape index (κ3) is 2.57. The van der Waals surface area contributed by atoms with Crippen molar-refractivity contribution in [2.75, 3.05) is 5.32 Å². The molecule has 7 heteroatoms. The Morgan fingerprint density at radius 1 is 1.32 bits per heavy atom. The number of aryl methyl sites for hydroxylation is 2. The fourth-order valence-electron chi connectivity index (χ4n) is 2.63. The number of amides is 1. The average Bonchev–Trinajstić information content (AvgIpc) is 2.93. The summed E-state index contributed by atoms with van der Waals surface area (Å²) in [5.74, 6) is -1.42. The fourth-order valence-corrected chi connectivity index (χ4v) is 2.63. The van der Waals surface area contributed by atoms with E-state index in [4.69, 9.17) is 5.11 Å². The predicted molar refractivity (Wildman–Crippen MR) is 79.1 cm³/mol. The van der Waals surface area contributed by atoms with E-state index in [-0.39, 0.29) is 11.5 Å². The molecule has 0 aliphatic heterocycles. The first-order valence-electron chi connectivity index (χ1n) is 7.13. The highest BCUT2D eigenvalue weighted by molar-refractivity contribution is 6.04. The van der Waals surface area contributed by atoms with E-state index in [9.17, 15) is 9.59 Å². The number of H-pyrrole nitrogens is 1. The highest BCUT2D eigenvalue weighted by atomic mass is 16.4. The molecule has 2 aromatic heterocycles. The molecule has 0 bridgehead atoms. The Hall–Kier alpha value is -2.70. The van der Waals surface area contributed by atoms with Gasteiger partial charge in [-0.25, -0.2) is 4.79 Å². The Kier molecular flexibility index (Phi) is 3.62. The second-order valence-electron chi connectivity index (χ2n) is 5.35. The molecule has 0 unspecified atom stereocenters. The molecule has 3 N–H and O–H groups in total. The van der Waals surface area contributed by atoms with Gasteiger partial charge in [0, 0.05) is 17.5 Å². The summed E-state index contributed by atoms with van der Waals surface area (Å²) in [6.45, 7) is 1.71. The lowest BCUT2D eigenvalue weighted by Crippen LogP contribution is -2.17. The van der Waals surface area contributed by atoms with Gasteiger partial charge in [0.05, 0.1) is 16.9 Å². The molecule has 1 aliphatic rings. The highest BCUT2D eigenvalue weighted by Gasteiger charge is 2.22. The van der Waals surface area contributed by atoms with Gasteiger partial charge in [0.2, 0.25) is 0 Å². The second-order valence-corrected chi connectivity index (χ2v) is 5.35. The van der Waals surface area contributed by atoms with E-state index < -0.39 is 5.97 Å². The Morgan fingerprint density at radius 3 is 2.86 bits per heavy atom. The molecule has 0 saturated heterocycles. The normalized spacial score (nSPS) is 13.5. The molecular formula is C15H16N4O3. The van der Waals surface area contributed by atoms with Crippen molar-refractivity contribution >= 4 is 17.6 Å². The molecule has 0 radical (unpaired) electrons. The zero-order valence-corrected chi connectivity index (χ0v) is 12.1. The molecule has 0 spiro atoms. The Balaban J connectivity index is 1.87. The Labute approximate surface area is 126 Å².